The van der Waals surface area contributed by atoms with Crippen molar-refractivity contribution in [3.8, 4) is 0 Å². The van der Waals surface area contributed by atoms with Gasteiger partial charge in [-0.05, 0) is 26.2 Å². The van der Waals surface area contributed by atoms with E-state index in [2.05, 4.69) is 15.4 Å². The number of rotatable bonds is 5. The van der Waals surface area contributed by atoms with Crippen LogP contribution in [0.4, 0.5) is 5.95 Å². The van der Waals surface area contributed by atoms with E-state index in [4.69, 9.17) is 0 Å². The SMILES string of the molecule is CC1=C(C(=O)N[C@H](CC(C)C)C(=O)O)C(C)n2ncnc2N1C. The molecule has 0 aliphatic carbocycles. The smallest absolute Gasteiger partial charge is 0.326 e. The Morgan fingerprint density at radius 1 is 1.43 bits per heavy atom. The predicted molar refractivity (Wildman–Crippen MR) is 84.9 cm³/mol. The van der Waals surface area contributed by atoms with Crippen LogP contribution >= 0.6 is 0 Å². The molecule has 2 rings (SSSR count). The first-order valence-corrected chi connectivity index (χ1v) is 7.61. The van der Waals surface area contributed by atoms with Crippen molar-refractivity contribution < 1.29 is 14.7 Å². The first kappa shape index (κ1) is 17.0. The van der Waals surface area contributed by atoms with Crippen molar-refractivity contribution in [3.05, 3.63) is 17.6 Å². The Bertz CT molecular complexity index is 649. The molecule has 126 valence electrons. The molecule has 0 aromatic carbocycles. The highest BCUT2D eigenvalue weighted by Crippen LogP contribution is 2.32. The van der Waals surface area contributed by atoms with Crippen LogP contribution in [0.5, 0.6) is 0 Å². The standard InChI is InChI=1S/C15H23N5O3/c1-8(2)6-11(14(22)23)18-13(21)12-9(3)19(5)15-16-7-17-20(15)10(12)4/h7-8,10-11H,6H2,1-5H3,(H,18,21)(H,22,23)/t10?,11-/m1/s1. The van der Waals surface area contributed by atoms with Crippen molar-refractivity contribution in [2.24, 2.45) is 5.92 Å². The monoisotopic (exact) mass is 321 g/mol. The van der Waals surface area contributed by atoms with Crippen molar-refractivity contribution in [2.45, 2.75) is 46.2 Å². The number of hydrogen-bond acceptors (Lipinski definition) is 5. The number of fused-ring (bicyclic) bond motifs is 1. The first-order valence-electron chi connectivity index (χ1n) is 7.61. The molecule has 0 fully saturated rings. The molecule has 1 amide bonds. The normalized spacial score (nSPS) is 18.9. The molecule has 8 heteroatoms. The number of aromatic nitrogens is 3. The summed E-state index contributed by atoms with van der Waals surface area (Å²) in [7, 11) is 1.80. The number of carboxylic acids is 1. The van der Waals surface area contributed by atoms with Crippen molar-refractivity contribution in [1.82, 2.24) is 20.1 Å². The van der Waals surface area contributed by atoms with E-state index in [-0.39, 0.29) is 17.9 Å². The molecule has 0 spiro atoms. The van der Waals surface area contributed by atoms with Gasteiger partial charge in [-0.3, -0.25) is 4.79 Å². The molecular weight excluding hydrogens is 298 g/mol. The summed E-state index contributed by atoms with van der Waals surface area (Å²) >= 11 is 0. The van der Waals surface area contributed by atoms with E-state index in [9.17, 15) is 14.7 Å². The van der Waals surface area contributed by atoms with E-state index in [1.807, 2.05) is 27.7 Å². The average molecular weight is 321 g/mol. The Hall–Kier alpha value is -2.38. The van der Waals surface area contributed by atoms with Crippen LogP contribution in [-0.4, -0.2) is 44.8 Å². The maximum absolute atomic E-state index is 12.7. The molecule has 8 nitrogen and oxygen atoms in total. The molecule has 1 aromatic rings. The quantitative estimate of drug-likeness (QED) is 0.844. The highest BCUT2D eigenvalue weighted by atomic mass is 16.4. The molecule has 0 saturated carbocycles. The zero-order valence-corrected chi connectivity index (χ0v) is 14.1. The Kier molecular flexibility index (Phi) is 4.72. The second-order valence-corrected chi connectivity index (χ2v) is 6.23. The lowest BCUT2D eigenvalue weighted by atomic mass is 10.0. The zero-order chi connectivity index (χ0) is 17.3. The van der Waals surface area contributed by atoms with Crippen molar-refractivity contribution in [3.63, 3.8) is 0 Å². The fourth-order valence-corrected chi connectivity index (χ4v) is 2.80. The number of carbonyl (C=O) groups is 2. The molecule has 2 heterocycles. The summed E-state index contributed by atoms with van der Waals surface area (Å²) in [5, 5.41) is 16.1. The van der Waals surface area contributed by atoms with Gasteiger partial charge in [0.1, 0.15) is 12.4 Å². The number of amides is 1. The molecule has 0 saturated heterocycles. The fourth-order valence-electron chi connectivity index (χ4n) is 2.80. The maximum Gasteiger partial charge on any atom is 0.326 e. The minimum absolute atomic E-state index is 0.167. The van der Waals surface area contributed by atoms with Crippen LogP contribution in [0, 0.1) is 5.92 Å². The lowest BCUT2D eigenvalue weighted by Crippen LogP contribution is -2.45. The Morgan fingerprint density at radius 3 is 2.65 bits per heavy atom. The Morgan fingerprint density at radius 2 is 2.09 bits per heavy atom. The topological polar surface area (TPSA) is 100 Å². The maximum atomic E-state index is 12.7. The predicted octanol–water partition coefficient (Wildman–Crippen LogP) is 1.18. The molecule has 1 aliphatic rings. The van der Waals surface area contributed by atoms with Gasteiger partial charge in [0.05, 0.1) is 11.6 Å². The molecule has 1 unspecified atom stereocenters. The molecule has 0 radical (unpaired) electrons. The van der Waals surface area contributed by atoms with Gasteiger partial charge in [0, 0.05) is 12.7 Å². The van der Waals surface area contributed by atoms with Crippen LogP contribution in [0.25, 0.3) is 0 Å². The number of carbonyl (C=O) groups excluding carboxylic acids is 1. The van der Waals surface area contributed by atoms with E-state index in [0.29, 0.717) is 17.9 Å². The van der Waals surface area contributed by atoms with E-state index >= 15 is 0 Å². The third kappa shape index (κ3) is 3.20. The fraction of sp³-hybridized carbons (Fsp3) is 0.600. The van der Waals surface area contributed by atoms with Crippen LogP contribution in [0.2, 0.25) is 0 Å². The number of hydrogen-bond donors (Lipinski definition) is 2. The van der Waals surface area contributed by atoms with Gasteiger partial charge in [-0.25, -0.2) is 9.48 Å². The van der Waals surface area contributed by atoms with Crippen LogP contribution < -0.4 is 10.2 Å². The van der Waals surface area contributed by atoms with Gasteiger partial charge in [0.25, 0.3) is 5.91 Å². The summed E-state index contributed by atoms with van der Waals surface area (Å²) in [5.74, 6) is -0.581. The van der Waals surface area contributed by atoms with Gasteiger partial charge in [0.15, 0.2) is 0 Å². The van der Waals surface area contributed by atoms with Gasteiger partial charge in [-0.1, -0.05) is 13.8 Å². The summed E-state index contributed by atoms with van der Waals surface area (Å²) < 4.78 is 1.65. The van der Waals surface area contributed by atoms with Crippen LogP contribution in [0.1, 0.15) is 40.2 Å². The summed E-state index contributed by atoms with van der Waals surface area (Å²) in [5.41, 5.74) is 1.24. The van der Waals surface area contributed by atoms with E-state index in [1.165, 1.54) is 6.33 Å². The summed E-state index contributed by atoms with van der Waals surface area (Å²) in [6, 6.07) is -1.21. The van der Waals surface area contributed by atoms with Crippen molar-refractivity contribution in [1.29, 1.82) is 0 Å². The third-order valence-electron chi connectivity index (χ3n) is 4.09. The summed E-state index contributed by atoms with van der Waals surface area (Å²) in [6.45, 7) is 7.51. The molecule has 2 atom stereocenters. The average Bonchev–Trinajstić information content (AvgIpc) is 2.93. The Balaban J connectivity index is 2.27. The number of allylic oxidation sites excluding steroid dienone is 1. The number of aliphatic carboxylic acids is 1. The number of carboxylic acid groups (broad SMARTS) is 1. The van der Waals surface area contributed by atoms with Crippen LogP contribution in [-0.2, 0) is 9.59 Å². The van der Waals surface area contributed by atoms with Gasteiger partial charge in [-0.2, -0.15) is 10.1 Å². The highest BCUT2D eigenvalue weighted by molar-refractivity contribution is 5.98. The molecule has 23 heavy (non-hydrogen) atoms. The first-order chi connectivity index (χ1) is 10.7. The van der Waals surface area contributed by atoms with Gasteiger partial charge >= 0.3 is 5.97 Å². The largest absolute Gasteiger partial charge is 0.480 e. The highest BCUT2D eigenvalue weighted by Gasteiger charge is 2.33. The molecule has 2 N–H and O–H groups in total. The number of anilines is 1. The van der Waals surface area contributed by atoms with Crippen molar-refractivity contribution >= 4 is 17.8 Å². The Labute approximate surface area is 135 Å². The minimum Gasteiger partial charge on any atom is -0.480 e. The summed E-state index contributed by atoms with van der Waals surface area (Å²) in [6.07, 6.45) is 1.82. The van der Waals surface area contributed by atoms with Gasteiger partial charge < -0.3 is 15.3 Å². The molecule has 1 aromatic heterocycles. The van der Waals surface area contributed by atoms with E-state index in [1.54, 1.807) is 16.6 Å². The lowest BCUT2D eigenvalue weighted by molar-refractivity contribution is -0.141. The number of nitrogens with one attached hydrogen (secondary N) is 1. The third-order valence-corrected chi connectivity index (χ3v) is 4.09. The molecule has 0 bridgehead atoms. The lowest BCUT2D eigenvalue weighted by Gasteiger charge is -2.32. The van der Waals surface area contributed by atoms with Crippen LogP contribution in [0.3, 0.4) is 0 Å². The van der Waals surface area contributed by atoms with Crippen LogP contribution in [0.15, 0.2) is 17.6 Å². The van der Waals surface area contributed by atoms with E-state index < -0.39 is 12.0 Å². The second-order valence-electron chi connectivity index (χ2n) is 6.23. The van der Waals surface area contributed by atoms with E-state index in [0.717, 1.165) is 5.70 Å². The summed E-state index contributed by atoms with van der Waals surface area (Å²) in [4.78, 5) is 30.0. The van der Waals surface area contributed by atoms with Gasteiger partial charge in [0.2, 0.25) is 5.95 Å². The minimum atomic E-state index is -1.02. The second kappa shape index (κ2) is 6.39. The van der Waals surface area contributed by atoms with Crippen molar-refractivity contribution in [2.75, 3.05) is 11.9 Å². The molecular formula is C15H23N5O3. The zero-order valence-electron chi connectivity index (χ0n) is 14.1. The van der Waals surface area contributed by atoms with Gasteiger partial charge in [-0.15, -0.1) is 0 Å². The molecule has 1 aliphatic heterocycles. The number of nitrogens with zero attached hydrogens (tertiary/aromatic N) is 4.